The smallest absolute Gasteiger partial charge is 0.0698 e. The van der Waals surface area contributed by atoms with E-state index in [1.807, 2.05) is 7.11 Å². The van der Waals surface area contributed by atoms with Crippen molar-refractivity contribution in [2.45, 2.75) is 51.8 Å². The molecular weight excluding hydrogens is 260 g/mol. The van der Waals surface area contributed by atoms with Gasteiger partial charge in [0.1, 0.15) is 0 Å². The highest BCUT2D eigenvalue weighted by atomic mass is 16.5. The number of nitrogens with zero attached hydrogens (tertiary/aromatic N) is 1. The monoisotopic (exact) mass is 290 g/mol. The lowest BCUT2D eigenvalue weighted by molar-refractivity contribution is 0.0285. The van der Waals surface area contributed by atoms with Gasteiger partial charge in [-0.1, -0.05) is 38.1 Å². The molecule has 0 amide bonds. The minimum atomic E-state index is 0.417. The van der Waals surface area contributed by atoms with Gasteiger partial charge in [-0.05, 0) is 43.5 Å². The number of piperidine rings is 1. The van der Waals surface area contributed by atoms with Crippen molar-refractivity contribution in [1.29, 1.82) is 0 Å². The highest BCUT2D eigenvalue weighted by molar-refractivity contribution is 5.22. The van der Waals surface area contributed by atoms with Gasteiger partial charge in [-0.3, -0.25) is 4.90 Å². The summed E-state index contributed by atoms with van der Waals surface area (Å²) in [5.41, 5.74) is 2.83. The van der Waals surface area contributed by atoms with Crippen LogP contribution in [0.25, 0.3) is 0 Å². The van der Waals surface area contributed by atoms with Gasteiger partial charge >= 0.3 is 0 Å². The van der Waals surface area contributed by atoms with E-state index in [4.69, 9.17) is 4.74 Å². The van der Waals surface area contributed by atoms with Crippen LogP contribution in [-0.4, -0.2) is 43.8 Å². The molecule has 1 aliphatic heterocycles. The zero-order valence-electron chi connectivity index (χ0n) is 13.8. The van der Waals surface area contributed by atoms with Crippen LogP contribution in [0.4, 0.5) is 0 Å². The van der Waals surface area contributed by atoms with Gasteiger partial charge < -0.3 is 10.1 Å². The van der Waals surface area contributed by atoms with Gasteiger partial charge in [-0.2, -0.15) is 0 Å². The summed E-state index contributed by atoms with van der Waals surface area (Å²) in [6.45, 7) is 8.74. The van der Waals surface area contributed by atoms with Crippen molar-refractivity contribution in [2.75, 3.05) is 26.7 Å². The fourth-order valence-electron chi connectivity index (χ4n) is 2.92. The first kappa shape index (κ1) is 16.5. The second-order valence-corrected chi connectivity index (χ2v) is 6.41. The molecule has 0 spiro atoms. The summed E-state index contributed by atoms with van der Waals surface area (Å²) in [6.07, 6.45) is 3.97. The van der Waals surface area contributed by atoms with E-state index in [-0.39, 0.29) is 0 Å². The predicted octanol–water partition coefficient (Wildman–Crippen LogP) is 2.84. The standard InChI is InChI=1S/C18H30N2O/c1-15(2)19-11-10-16-6-8-17(9-7-16)13-20-12-4-5-18(14-20)21-3/h6-9,15,18-19H,4-5,10-14H2,1-3H3. The molecule has 1 N–H and O–H groups in total. The predicted molar refractivity (Wildman–Crippen MR) is 88.6 cm³/mol. The van der Waals surface area contributed by atoms with Gasteiger partial charge in [0.2, 0.25) is 0 Å². The van der Waals surface area contributed by atoms with E-state index in [0.29, 0.717) is 12.1 Å². The molecule has 1 aromatic rings. The topological polar surface area (TPSA) is 24.5 Å². The normalized spacial score (nSPS) is 20.1. The first-order chi connectivity index (χ1) is 10.2. The minimum absolute atomic E-state index is 0.417. The summed E-state index contributed by atoms with van der Waals surface area (Å²) in [4.78, 5) is 2.51. The van der Waals surface area contributed by atoms with E-state index >= 15 is 0 Å². The van der Waals surface area contributed by atoms with E-state index in [2.05, 4.69) is 48.3 Å². The van der Waals surface area contributed by atoms with Crippen LogP contribution in [0.1, 0.15) is 37.8 Å². The zero-order chi connectivity index (χ0) is 15.1. The molecule has 3 heteroatoms. The maximum Gasteiger partial charge on any atom is 0.0698 e. The molecule has 0 radical (unpaired) electrons. The molecule has 21 heavy (non-hydrogen) atoms. The largest absolute Gasteiger partial charge is 0.380 e. The van der Waals surface area contributed by atoms with Crippen LogP contribution < -0.4 is 5.32 Å². The van der Waals surface area contributed by atoms with Crippen LogP contribution in [0.15, 0.2) is 24.3 Å². The number of hydrogen-bond donors (Lipinski definition) is 1. The quantitative estimate of drug-likeness (QED) is 0.836. The van der Waals surface area contributed by atoms with E-state index in [0.717, 1.165) is 26.1 Å². The molecule has 1 heterocycles. The Morgan fingerprint density at radius 2 is 1.95 bits per heavy atom. The van der Waals surface area contributed by atoms with Crippen molar-refractivity contribution in [3.8, 4) is 0 Å². The van der Waals surface area contributed by atoms with Crippen molar-refractivity contribution in [3.05, 3.63) is 35.4 Å². The van der Waals surface area contributed by atoms with Gasteiger partial charge in [0.25, 0.3) is 0 Å². The third-order valence-electron chi connectivity index (χ3n) is 4.19. The van der Waals surface area contributed by atoms with E-state index in [1.54, 1.807) is 0 Å². The molecule has 1 fully saturated rings. The third-order valence-corrected chi connectivity index (χ3v) is 4.19. The summed E-state index contributed by atoms with van der Waals surface area (Å²) < 4.78 is 5.49. The second kappa shape index (κ2) is 8.52. The summed E-state index contributed by atoms with van der Waals surface area (Å²) in [5.74, 6) is 0. The molecule has 0 aromatic heterocycles. The van der Waals surface area contributed by atoms with Gasteiger partial charge in [0.05, 0.1) is 6.10 Å². The molecule has 0 saturated carbocycles. The molecule has 3 nitrogen and oxygen atoms in total. The molecule has 1 aliphatic rings. The van der Waals surface area contributed by atoms with Crippen LogP contribution in [-0.2, 0) is 17.7 Å². The maximum atomic E-state index is 5.49. The number of ether oxygens (including phenoxy) is 1. The van der Waals surface area contributed by atoms with Crippen molar-refractivity contribution < 1.29 is 4.74 Å². The molecule has 0 aliphatic carbocycles. The first-order valence-corrected chi connectivity index (χ1v) is 8.23. The number of likely N-dealkylation sites (tertiary alicyclic amines) is 1. The lowest BCUT2D eigenvalue weighted by Gasteiger charge is -2.31. The highest BCUT2D eigenvalue weighted by Crippen LogP contribution is 2.16. The first-order valence-electron chi connectivity index (χ1n) is 8.23. The number of hydrogen-bond acceptors (Lipinski definition) is 3. The van der Waals surface area contributed by atoms with Crippen molar-refractivity contribution in [3.63, 3.8) is 0 Å². The van der Waals surface area contributed by atoms with Crippen LogP contribution in [0.2, 0.25) is 0 Å². The number of benzene rings is 1. The van der Waals surface area contributed by atoms with Crippen LogP contribution in [0.5, 0.6) is 0 Å². The Balaban J connectivity index is 1.79. The van der Waals surface area contributed by atoms with Crippen LogP contribution in [0.3, 0.4) is 0 Å². The van der Waals surface area contributed by atoms with Crippen molar-refractivity contribution in [1.82, 2.24) is 10.2 Å². The van der Waals surface area contributed by atoms with E-state index in [1.165, 1.54) is 30.5 Å². The fraction of sp³-hybridized carbons (Fsp3) is 0.667. The summed E-state index contributed by atoms with van der Waals surface area (Å²) in [5, 5.41) is 3.46. The number of rotatable bonds is 7. The van der Waals surface area contributed by atoms with E-state index < -0.39 is 0 Å². The molecule has 1 saturated heterocycles. The third kappa shape index (κ3) is 5.77. The SMILES string of the molecule is COC1CCCN(Cc2ccc(CCNC(C)C)cc2)C1. The molecule has 118 valence electrons. The molecular formula is C18H30N2O. The van der Waals surface area contributed by atoms with Crippen molar-refractivity contribution >= 4 is 0 Å². The Hall–Kier alpha value is -0.900. The van der Waals surface area contributed by atoms with E-state index in [9.17, 15) is 0 Å². The van der Waals surface area contributed by atoms with Crippen molar-refractivity contribution in [2.24, 2.45) is 0 Å². The average molecular weight is 290 g/mol. The summed E-state index contributed by atoms with van der Waals surface area (Å²) in [7, 11) is 1.83. The van der Waals surface area contributed by atoms with Gasteiger partial charge in [0, 0.05) is 26.2 Å². The Bertz CT molecular complexity index is 402. The fourth-order valence-corrected chi connectivity index (χ4v) is 2.92. The maximum absolute atomic E-state index is 5.49. The minimum Gasteiger partial charge on any atom is -0.380 e. The zero-order valence-corrected chi connectivity index (χ0v) is 13.8. The Kier molecular flexibility index (Phi) is 6.68. The molecule has 1 atom stereocenters. The molecule has 1 aromatic carbocycles. The van der Waals surface area contributed by atoms with Gasteiger partial charge in [0.15, 0.2) is 0 Å². The summed E-state index contributed by atoms with van der Waals surface area (Å²) in [6, 6.07) is 9.67. The molecule has 2 rings (SSSR count). The second-order valence-electron chi connectivity index (χ2n) is 6.41. The summed E-state index contributed by atoms with van der Waals surface area (Å²) >= 11 is 0. The van der Waals surface area contributed by atoms with Crippen LogP contribution >= 0.6 is 0 Å². The van der Waals surface area contributed by atoms with Crippen LogP contribution in [0, 0.1) is 0 Å². The Morgan fingerprint density at radius 1 is 1.24 bits per heavy atom. The lowest BCUT2D eigenvalue weighted by atomic mass is 10.1. The molecule has 1 unspecified atom stereocenters. The lowest BCUT2D eigenvalue weighted by Crippen LogP contribution is -2.38. The average Bonchev–Trinajstić information content (AvgIpc) is 2.49. The van der Waals surface area contributed by atoms with Gasteiger partial charge in [-0.15, -0.1) is 0 Å². The number of nitrogens with one attached hydrogen (secondary N) is 1. The highest BCUT2D eigenvalue weighted by Gasteiger charge is 2.19. The Morgan fingerprint density at radius 3 is 2.62 bits per heavy atom. The molecule has 0 bridgehead atoms. The Labute approximate surface area is 129 Å². The van der Waals surface area contributed by atoms with Gasteiger partial charge in [-0.25, -0.2) is 0 Å². The number of methoxy groups -OCH3 is 1.